The SMILES string of the molecule is COc1ccccc1N(C[C@@H](O)C[NH+]1CCCCC1)S(=O)(=O)c1ccccc1. The molecule has 1 aliphatic rings. The Hall–Kier alpha value is -2.09. The summed E-state index contributed by atoms with van der Waals surface area (Å²) in [5.74, 6) is 0.458. The summed E-state index contributed by atoms with van der Waals surface area (Å²) in [6.45, 7) is 2.57. The third kappa shape index (κ3) is 4.84. The molecule has 0 saturated carbocycles. The number of ether oxygens (including phenoxy) is 1. The molecular formula is C21H29N2O4S+. The lowest BCUT2D eigenvalue weighted by atomic mass is 10.1. The average Bonchev–Trinajstić information content (AvgIpc) is 2.73. The molecule has 1 aliphatic heterocycles. The predicted molar refractivity (Wildman–Crippen MR) is 109 cm³/mol. The number of likely N-dealkylation sites (tertiary alicyclic amines) is 1. The normalized spacial score (nSPS) is 16.5. The first-order valence-electron chi connectivity index (χ1n) is 9.75. The van der Waals surface area contributed by atoms with Gasteiger partial charge in [-0.25, -0.2) is 8.42 Å². The maximum atomic E-state index is 13.4. The maximum absolute atomic E-state index is 13.4. The van der Waals surface area contributed by atoms with E-state index in [9.17, 15) is 13.5 Å². The summed E-state index contributed by atoms with van der Waals surface area (Å²) in [5, 5.41) is 10.7. The molecule has 1 fully saturated rings. The Labute approximate surface area is 167 Å². The first-order chi connectivity index (χ1) is 13.5. The molecule has 1 atom stereocenters. The van der Waals surface area contributed by atoms with Gasteiger partial charge in [-0.15, -0.1) is 0 Å². The molecule has 0 aromatic heterocycles. The van der Waals surface area contributed by atoms with Crippen molar-refractivity contribution in [3.8, 4) is 5.75 Å². The first kappa shape index (κ1) is 20.6. The summed E-state index contributed by atoms with van der Waals surface area (Å²) in [4.78, 5) is 1.52. The molecule has 2 aromatic rings. The summed E-state index contributed by atoms with van der Waals surface area (Å²) >= 11 is 0. The lowest BCUT2D eigenvalue weighted by Gasteiger charge is -2.30. The van der Waals surface area contributed by atoms with E-state index < -0.39 is 16.1 Å². The molecule has 7 heteroatoms. The number of benzene rings is 2. The van der Waals surface area contributed by atoms with Gasteiger partial charge >= 0.3 is 0 Å². The number of aliphatic hydroxyl groups is 1. The van der Waals surface area contributed by atoms with Crippen molar-refractivity contribution in [3.63, 3.8) is 0 Å². The highest BCUT2D eigenvalue weighted by atomic mass is 32.2. The Bertz CT molecular complexity index is 852. The number of para-hydroxylation sites is 2. The summed E-state index contributed by atoms with van der Waals surface area (Å²) in [7, 11) is -2.32. The summed E-state index contributed by atoms with van der Waals surface area (Å²) in [6, 6.07) is 15.3. The van der Waals surface area contributed by atoms with E-state index in [0.717, 1.165) is 25.9 Å². The smallest absolute Gasteiger partial charge is 0.264 e. The second-order valence-corrected chi connectivity index (χ2v) is 9.05. The molecule has 0 bridgehead atoms. The quantitative estimate of drug-likeness (QED) is 0.695. The number of piperidine rings is 1. The van der Waals surface area contributed by atoms with Crippen LogP contribution in [0.1, 0.15) is 19.3 Å². The van der Waals surface area contributed by atoms with Gasteiger partial charge in [-0.1, -0.05) is 30.3 Å². The number of nitrogens with zero attached hydrogens (tertiary/aromatic N) is 1. The fourth-order valence-corrected chi connectivity index (χ4v) is 5.26. The fourth-order valence-electron chi connectivity index (χ4n) is 3.73. The Morgan fingerprint density at radius 1 is 1.04 bits per heavy atom. The topological polar surface area (TPSA) is 71.3 Å². The molecule has 0 amide bonds. The van der Waals surface area contributed by atoms with Crippen molar-refractivity contribution in [1.82, 2.24) is 0 Å². The summed E-state index contributed by atoms with van der Waals surface area (Å²) in [6.07, 6.45) is 2.77. The van der Waals surface area contributed by atoms with E-state index in [1.807, 2.05) is 0 Å². The number of quaternary nitrogens is 1. The van der Waals surface area contributed by atoms with E-state index in [1.54, 1.807) is 54.6 Å². The molecule has 1 saturated heterocycles. The van der Waals surface area contributed by atoms with Crippen LogP contribution in [0.4, 0.5) is 5.69 Å². The first-order valence-corrected chi connectivity index (χ1v) is 11.2. The van der Waals surface area contributed by atoms with Crippen molar-refractivity contribution in [1.29, 1.82) is 0 Å². The molecule has 6 nitrogen and oxygen atoms in total. The zero-order chi connectivity index (χ0) is 20.0. The van der Waals surface area contributed by atoms with Crippen LogP contribution < -0.4 is 13.9 Å². The van der Waals surface area contributed by atoms with Crippen molar-refractivity contribution >= 4 is 15.7 Å². The number of methoxy groups -OCH3 is 1. The van der Waals surface area contributed by atoms with Crippen LogP contribution in [0.25, 0.3) is 0 Å². The predicted octanol–water partition coefficient (Wildman–Crippen LogP) is 1.32. The van der Waals surface area contributed by atoms with Crippen LogP contribution in [0.3, 0.4) is 0 Å². The van der Waals surface area contributed by atoms with Crippen LogP contribution in [-0.4, -0.2) is 52.9 Å². The van der Waals surface area contributed by atoms with Crippen LogP contribution in [-0.2, 0) is 10.0 Å². The molecule has 0 aliphatic carbocycles. The number of hydrogen-bond acceptors (Lipinski definition) is 4. The van der Waals surface area contributed by atoms with Crippen LogP contribution in [0, 0.1) is 0 Å². The van der Waals surface area contributed by atoms with Crippen molar-refractivity contribution in [3.05, 3.63) is 54.6 Å². The molecule has 0 unspecified atom stereocenters. The third-order valence-electron chi connectivity index (χ3n) is 5.15. The van der Waals surface area contributed by atoms with Gasteiger partial charge in [0.05, 0.1) is 37.3 Å². The third-order valence-corrected chi connectivity index (χ3v) is 6.94. The lowest BCUT2D eigenvalue weighted by molar-refractivity contribution is -0.907. The van der Waals surface area contributed by atoms with Gasteiger partial charge in [-0.2, -0.15) is 0 Å². The van der Waals surface area contributed by atoms with Gasteiger partial charge in [0.25, 0.3) is 10.0 Å². The zero-order valence-corrected chi connectivity index (χ0v) is 17.1. The second kappa shape index (κ2) is 9.41. The highest BCUT2D eigenvalue weighted by Crippen LogP contribution is 2.32. The number of rotatable bonds is 8. The van der Waals surface area contributed by atoms with Gasteiger partial charge in [0.15, 0.2) is 0 Å². The Morgan fingerprint density at radius 3 is 2.36 bits per heavy atom. The average molecular weight is 406 g/mol. The summed E-state index contributed by atoms with van der Waals surface area (Å²) < 4.78 is 33.4. The molecule has 2 N–H and O–H groups in total. The maximum Gasteiger partial charge on any atom is 0.264 e. The monoisotopic (exact) mass is 405 g/mol. The molecular weight excluding hydrogens is 376 g/mol. The molecule has 3 rings (SSSR count). The molecule has 0 radical (unpaired) electrons. The van der Waals surface area contributed by atoms with Crippen LogP contribution >= 0.6 is 0 Å². The van der Waals surface area contributed by atoms with Gasteiger partial charge in [0.1, 0.15) is 18.4 Å². The lowest BCUT2D eigenvalue weighted by Crippen LogP contribution is -3.14. The minimum Gasteiger partial charge on any atom is -0.495 e. The number of hydrogen-bond donors (Lipinski definition) is 2. The number of anilines is 1. The Balaban J connectivity index is 1.90. The van der Waals surface area contributed by atoms with E-state index in [-0.39, 0.29) is 11.4 Å². The van der Waals surface area contributed by atoms with E-state index in [1.165, 1.54) is 22.7 Å². The second-order valence-electron chi connectivity index (χ2n) is 7.19. The van der Waals surface area contributed by atoms with Gasteiger partial charge in [-0.3, -0.25) is 4.31 Å². The number of nitrogens with one attached hydrogen (secondary N) is 1. The molecule has 1 heterocycles. The Morgan fingerprint density at radius 2 is 1.68 bits per heavy atom. The van der Waals surface area contributed by atoms with Gasteiger partial charge in [0.2, 0.25) is 0 Å². The number of sulfonamides is 1. The highest BCUT2D eigenvalue weighted by molar-refractivity contribution is 7.92. The molecule has 152 valence electrons. The van der Waals surface area contributed by atoms with E-state index in [0.29, 0.717) is 18.0 Å². The molecule has 0 spiro atoms. The minimum absolute atomic E-state index is 0.0128. The summed E-state index contributed by atoms with van der Waals surface area (Å²) in [5.41, 5.74) is 0.432. The van der Waals surface area contributed by atoms with E-state index >= 15 is 0 Å². The van der Waals surface area contributed by atoms with E-state index in [2.05, 4.69) is 0 Å². The van der Waals surface area contributed by atoms with Crippen molar-refractivity contribution in [2.45, 2.75) is 30.3 Å². The minimum atomic E-state index is -3.84. The van der Waals surface area contributed by atoms with Crippen molar-refractivity contribution in [2.24, 2.45) is 0 Å². The molecule has 2 aromatic carbocycles. The van der Waals surface area contributed by atoms with E-state index in [4.69, 9.17) is 4.74 Å². The zero-order valence-electron chi connectivity index (χ0n) is 16.3. The standard InChI is InChI=1S/C21H28N2O4S/c1-27-21-13-7-6-12-20(21)23(28(25,26)19-10-4-2-5-11-19)17-18(24)16-22-14-8-3-9-15-22/h2,4-7,10-13,18,24H,3,8-9,14-17H2,1H3/p+1/t18-/m0/s1. The van der Waals surface area contributed by atoms with Gasteiger partial charge in [0, 0.05) is 0 Å². The van der Waals surface area contributed by atoms with Crippen molar-refractivity contribution in [2.75, 3.05) is 37.6 Å². The van der Waals surface area contributed by atoms with Crippen LogP contribution in [0.2, 0.25) is 0 Å². The highest BCUT2D eigenvalue weighted by Gasteiger charge is 2.30. The molecule has 28 heavy (non-hydrogen) atoms. The Kier molecular flexibility index (Phi) is 6.93. The van der Waals surface area contributed by atoms with Crippen molar-refractivity contribution < 1.29 is 23.2 Å². The fraction of sp³-hybridized carbons (Fsp3) is 0.429. The van der Waals surface area contributed by atoms with Crippen LogP contribution in [0.15, 0.2) is 59.5 Å². The van der Waals surface area contributed by atoms with Gasteiger partial charge in [-0.05, 0) is 43.5 Å². The number of aliphatic hydroxyl groups excluding tert-OH is 1. The largest absolute Gasteiger partial charge is 0.495 e. The van der Waals surface area contributed by atoms with Gasteiger partial charge < -0.3 is 14.7 Å². The van der Waals surface area contributed by atoms with Crippen LogP contribution in [0.5, 0.6) is 5.75 Å².